The standard InChI is InChI=1S/C22H19BrN2O4S/c23-13-18-17(24-21(29-18)15-4-2-1-3-5-15)10-11-28-16-8-6-14(7-9-16)12-19-20(26)25-22(27)30-19/h1-9,19H,10-13H2,(H,25,26,27). The number of carbonyl (C=O) groups excluding carboxylic acids is 2. The lowest BCUT2D eigenvalue weighted by atomic mass is 10.1. The number of halogens is 1. The van der Waals surface area contributed by atoms with Crippen molar-refractivity contribution in [2.45, 2.75) is 23.4 Å². The molecule has 1 N–H and O–H groups in total. The zero-order chi connectivity index (χ0) is 20.9. The lowest BCUT2D eigenvalue weighted by molar-refractivity contribution is -0.118. The van der Waals surface area contributed by atoms with Gasteiger partial charge in [0.15, 0.2) is 0 Å². The van der Waals surface area contributed by atoms with E-state index in [2.05, 4.69) is 26.2 Å². The summed E-state index contributed by atoms with van der Waals surface area (Å²) in [6.45, 7) is 0.468. The predicted octanol–water partition coefficient (Wildman–Crippen LogP) is 4.75. The van der Waals surface area contributed by atoms with Crippen LogP contribution in [0.2, 0.25) is 0 Å². The summed E-state index contributed by atoms with van der Waals surface area (Å²) in [5, 5.41) is 2.25. The van der Waals surface area contributed by atoms with Crippen molar-refractivity contribution in [1.29, 1.82) is 0 Å². The molecule has 6 nitrogen and oxygen atoms in total. The fraction of sp³-hybridized carbons (Fsp3) is 0.227. The molecule has 0 bridgehead atoms. The Bertz CT molecular complexity index is 1040. The second-order valence-corrected chi connectivity index (χ2v) is 8.45. The molecule has 4 rings (SSSR count). The van der Waals surface area contributed by atoms with Crippen molar-refractivity contribution in [3.63, 3.8) is 0 Å². The van der Waals surface area contributed by atoms with Crippen LogP contribution in [-0.4, -0.2) is 28.0 Å². The first-order valence-corrected chi connectivity index (χ1v) is 11.5. The maximum atomic E-state index is 11.7. The number of carbonyl (C=O) groups is 2. The highest BCUT2D eigenvalue weighted by atomic mass is 79.9. The van der Waals surface area contributed by atoms with Crippen LogP contribution in [0.5, 0.6) is 5.75 Å². The number of hydrogen-bond acceptors (Lipinski definition) is 6. The molecular weight excluding hydrogens is 468 g/mol. The van der Waals surface area contributed by atoms with Gasteiger partial charge in [0, 0.05) is 12.0 Å². The summed E-state index contributed by atoms with van der Waals surface area (Å²) >= 11 is 4.49. The Kier molecular flexibility index (Phi) is 6.54. The highest BCUT2D eigenvalue weighted by molar-refractivity contribution is 9.08. The van der Waals surface area contributed by atoms with Crippen LogP contribution in [0.1, 0.15) is 17.0 Å². The van der Waals surface area contributed by atoms with E-state index in [-0.39, 0.29) is 16.4 Å². The van der Waals surface area contributed by atoms with Gasteiger partial charge in [-0.2, -0.15) is 0 Å². The van der Waals surface area contributed by atoms with Gasteiger partial charge in [-0.25, -0.2) is 4.98 Å². The lowest BCUT2D eigenvalue weighted by Crippen LogP contribution is -2.25. The van der Waals surface area contributed by atoms with Crippen molar-refractivity contribution < 1.29 is 18.7 Å². The highest BCUT2D eigenvalue weighted by Crippen LogP contribution is 2.25. The zero-order valence-electron chi connectivity index (χ0n) is 16.0. The lowest BCUT2D eigenvalue weighted by Gasteiger charge is -2.08. The van der Waals surface area contributed by atoms with Crippen LogP contribution in [0.4, 0.5) is 4.79 Å². The number of imide groups is 1. The van der Waals surface area contributed by atoms with E-state index in [0.29, 0.717) is 30.7 Å². The molecule has 0 spiro atoms. The number of nitrogens with one attached hydrogen (secondary N) is 1. The summed E-state index contributed by atoms with van der Waals surface area (Å²) in [6.07, 6.45) is 1.14. The quantitative estimate of drug-likeness (QED) is 0.462. The Morgan fingerprint density at radius 1 is 1.10 bits per heavy atom. The van der Waals surface area contributed by atoms with Crippen molar-refractivity contribution in [2.24, 2.45) is 0 Å². The predicted molar refractivity (Wildman–Crippen MR) is 119 cm³/mol. The van der Waals surface area contributed by atoms with Gasteiger partial charge in [-0.15, -0.1) is 0 Å². The van der Waals surface area contributed by atoms with Gasteiger partial charge >= 0.3 is 0 Å². The number of oxazole rings is 1. The molecule has 30 heavy (non-hydrogen) atoms. The Labute approximate surface area is 186 Å². The molecule has 1 aromatic heterocycles. The molecule has 3 aromatic rings. The third-order valence-electron chi connectivity index (χ3n) is 4.64. The molecule has 1 aliphatic heterocycles. The van der Waals surface area contributed by atoms with Gasteiger partial charge in [0.25, 0.3) is 5.24 Å². The van der Waals surface area contributed by atoms with Crippen molar-refractivity contribution >= 4 is 38.8 Å². The van der Waals surface area contributed by atoms with Crippen LogP contribution in [0.3, 0.4) is 0 Å². The van der Waals surface area contributed by atoms with Crippen molar-refractivity contribution in [2.75, 3.05) is 6.61 Å². The topological polar surface area (TPSA) is 81.4 Å². The molecule has 2 heterocycles. The van der Waals surface area contributed by atoms with E-state index in [0.717, 1.165) is 40.1 Å². The van der Waals surface area contributed by atoms with Crippen LogP contribution in [0.25, 0.3) is 11.5 Å². The average Bonchev–Trinajstić information content (AvgIpc) is 3.32. The molecule has 1 unspecified atom stereocenters. The number of benzene rings is 2. The summed E-state index contributed by atoms with van der Waals surface area (Å²) in [5.41, 5.74) is 2.80. The van der Waals surface area contributed by atoms with E-state index < -0.39 is 0 Å². The third-order valence-corrected chi connectivity index (χ3v) is 6.13. The van der Waals surface area contributed by atoms with Crippen LogP contribution in [0.15, 0.2) is 59.0 Å². The average molecular weight is 487 g/mol. The minimum absolute atomic E-state index is 0.226. The summed E-state index contributed by atoms with van der Waals surface area (Å²) in [4.78, 5) is 27.6. The number of alkyl halides is 1. The number of nitrogens with zero attached hydrogens (tertiary/aromatic N) is 1. The minimum Gasteiger partial charge on any atom is -0.493 e. The maximum Gasteiger partial charge on any atom is 0.286 e. The van der Waals surface area contributed by atoms with Crippen molar-refractivity contribution in [3.05, 3.63) is 71.6 Å². The monoisotopic (exact) mass is 486 g/mol. The fourth-order valence-electron chi connectivity index (χ4n) is 3.12. The van der Waals surface area contributed by atoms with Crippen LogP contribution in [0, 0.1) is 0 Å². The summed E-state index contributed by atoms with van der Waals surface area (Å²) < 4.78 is 11.7. The van der Waals surface area contributed by atoms with E-state index >= 15 is 0 Å². The number of amides is 2. The number of rotatable bonds is 8. The van der Waals surface area contributed by atoms with E-state index in [1.54, 1.807) is 0 Å². The van der Waals surface area contributed by atoms with E-state index in [1.807, 2.05) is 54.6 Å². The first-order valence-electron chi connectivity index (χ1n) is 9.45. The third kappa shape index (κ3) is 4.94. The van der Waals surface area contributed by atoms with Gasteiger partial charge in [0.1, 0.15) is 11.5 Å². The molecule has 1 atom stereocenters. The molecule has 1 saturated heterocycles. The molecule has 1 fully saturated rings. The van der Waals surface area contributed by atoms with Crippen molar-refractivity contribution in [1.82, 2.24) is 10.3 Å². The zero-order valence-corrected chi connectivity index (χ0v) is 18.4. The number of ether oxygens (including phenoxy) is 1. The van der Waals surface area contributed by atoms with Gasteiger partial charge in [0.2, 0.25) is 11.8 Å². The van der Waals surface area contributed by atoms with Gasteiger partial charge in [-0.05, 0) is 36.2 Å². The Morgan fingerprint density at radius 3 is 2.53 bits per heavy atom. The SMILES string of the molecule is O=C1NC(=O)C(Cc2ccc(OCCc3nc(-c4ccccc4)oc3CBr)cc2)S1. The number of thioether (sulfide) groups is 1. The summed E-state index contributed by atoms with van der Waals surface area (Å²) in [7, 11) is 0. The van der Waals surface area contributed by atoms with Crippen LogP contribution < -0.4 is 10.1 Å². The molecule has 0 radical (unpaired) electrons. The molecule has 8 heteroatoms. The largest absolute Gasteiger partial charge is 0.493 e. The normalized spacial score (nSPS) is 16.0. The first-order chi connectivity index (χ1) is 14.6. The Morgan fingerprint density at radius 2 is 1.87 bits per heavy atom. The first kappa shape index (κ1) is 20.7. The van der Waals surface area contributed by atoms with Crippen LogP contribution in [-0.2, 0) is 23.0 Å². The smallest absolute Gasteiger partial charge is 0.286 e. The molecule has 0 aliphatic carbocycles. The van der Waals surface area contributed by atoms with Gasteiger partial charge in [0.05, 0.1) is 22.9 Å². The Hall–Kier alpha value is -2.58. The fourth-order valence-corrected chi connectivity index (χ4v) is 4.41. The molecule has 154 valence electrons. The maximum absolute atomic E-state index is 11.7. The van der Waals surface area contributed by atoms with Gasteiger partial charge in [-0.3, -0.25) is 14.9 Å². The molecule has 2 aromatic carbocycles. The molecule has 2 amide bonds. The van der Waals surface area contributed by atoms with E-state index in [4.69, 9.17) is 9.15 Å². The molecule has 1 aliphatic rings. The molecule has 0 saturated carbocycles. The van der Waals surface area contributed by atoms with Gasteiger partial charge in [-0.1, -0.05) is 58.0 Å². The second kappa shape index (κ2) is 9.49. The molecular formula is C22H19BrN2O4S. The van der Waals surface area contributed by atoms with E-state index in [1.165, 1.54) is 0 Å². The number of aromatic nitrogens is 1. The Balaban J connectivity index is 1.33. The second-order valence-electron chi connectivity index (χ2n) is 6.72. The minimum atomic E-state index is -0.363. The highest BCUT2D eigenvalue weighted by Gasteiger charge is 2.31. The number of hydrogen-bond donors (Lipinski definition) is 1. The summed E-state index contributed by atoms with van der Waals surface area (Å²) in [6, 6.07) is 17.4. The van der Waals surface area contributed by atoms with Gasteiger partial charge < -0.3 is 9.15 Å². The van der Waals surface area contributed by atoms with Crippen molar-refractivity contribution in [3.8, 4) is 17.2 Å². The van der Waals surface area contributed by atoms with E-state index in [9.17, 15) is 9.59 Å². The van der Waals surface area contributed by atoms with Crippen LogP contribution >= 0.6 is 27.7 Å². The summed E-state index contributed by atoms with van der Waals surface area (Å²) in [5.74, 6) is 1.92.